The molecule has 1 heterocycles. The molecular formula is C21H23BrFN3O. The number of amides is 1. The SMILES string of the molecule is CCCN(Cc1nc2c(F)cccc2n1CCC)C(=O)c1cccc(Br)c1. The van der Waals surface area contributed by atoms with Crippen LogP contribution in [0.15, 0.2) is 46.9 Å². The number of rotatable bonds is 7. The molecule has 0 atom stereocenters. The fourth-order valence-electron chi connectivity index (χ4n) is 3.25. The highest BCUT2D eigenvalue weighted by molar-refractivity contribution is 9.10. The molecule has 0 saturated carbocycles. The minimum atomic E-state index is -0.330. The van der Waals surface area contributed by atoms with E-state index in [1.165, 1.54) is 6.07 Å². The van der Waals surface area contributed by atoms with Crippen molar-refractivity contribution in [2.75, 3.05) is 6.54 Å². The van der Waals surface area contributed by atoms with Crippen LogP contribution >= 0.6 is 15.9 Å². The number of halogens is 2. The van der Waals surface area contributed by atoms with Crippen molar-refractivity contribution in [3.63, 3.8) is 0 Å². The van der Waals surface area contributed by atoms with E-state index in [1.807, 2.05) is 41.8 Å². The quantitative estimate of drug-likeness (QED) is 0.502. The Morgan fingerprint density at radius 1 is 1.19 bits per heavy atom. The van der Waals surface area contributed by atoms with Gasteiger partial charge in [0.05, 0.1) is 12.1 Å². The first-order chi connectivity index (χ1) is 13.0. The number of carbonyl (C=O) groups is 1. The van der Waals surface area contributed by atoms with Crippen LogP contribution in [0.25, 0.3) is 11.0 Å². The van der Waals surface area contributed by atoms with Crippen LogP contribution in [-0.2, 0) is 13.1 Å². The number of para-hydroxylation sites is 1. The largest absolute Gasteiger partial charge is 0.331 e. The molecule has 0 fully saturated rings. The van der Waals surface area contributed by atoms with Gasteiger partial charge in [0.15, 0.2) is 5.82 Å². The first-order valence-electron chi connectivity index (χ1n) is 9.23. The molecular weight excluding hydrogens is 409 g/mol. The maximum absolute atomic E-state index is 14.2. The van der Waals surface area contributed by atoms with Crippen LogP contribution in [0.5, 0.6) is 0 Å². The predicted molar refractivity (Wildman–Crippen MR) is 109 cm³/mol. The number of hydrogen-bond donors (Lipinski definition) is 0. The molecule has 6 heteroatoms. The van der Waals surface area contributed by atoms with Crippen molar-refractivity contribution in [2.24, 2.45) is 0 Å². The third-order valence-electron chi connectivity index (χ3n) is 4.44. The second kappa shape index (κ2) is 8.65. The summed E-state index contributed by atoms with van der Waals surface area (Å²) < 4.78 is 17.1. The molecule has 0 spiro atoms. The van der Waals surface area contributed by atoms with Crippen LogP contribution in [0, 0.1) is 5.82 Å². The molecule has 0 radical (unpaired) electrons. The van der Waals surface area contributed by atoms with Crippen molar-refractivity contribution in [2.45, 2.75) is 39.8 Å². The molecule has 0 aliphatic carbocycles. The summed E-state index contributed by atoms with van der Waals surface area (Å²) in [5.41, 5.74) is 1.77. The fourth-order valence-corrected chi connectivity index (χ4v) is 3.65. The summed E-state index contributed by atoms with van der Waals surface area (Å²) in [5.74, 6) is 0.339. The molecule has 1 aromatic heterocycles. The molecule has 0 aliphatic heterocycles. The number of carbonyl (C=O) groups excluding carboxylic acids is 1. The van der Waals surface area contributed by atoms with Crippen LogP contribution in [0.3, 0.4) is 0 Å². The molecule has 3 rings (SSSR count). The second-order valence-electron chi connectivity index (χ2n) is 6.52. The van der Waals surface area contributed by atoms with E-state index in [4.69, 9.17) is 0 Å². The lowest BCUT2D eigenvalue weighted by Crippen LogP contribution is -2.32. The van der Waals surface area contributed by atoms with E-state index in [-0.39, 0.29) is 11.7 Å². The Morgan fingerprint density at radius 2 is 1.96 bits per heavy atom. The van der Waals surface area contributed by atoms with E-state index in [9.17, 15) is 9.18 Å². The van der Waals surface area contributed by atoms with Gasteiger partial charge < -0.3 is 9.47 Å². The van der Waals surface area contributed by atoms with Crippen molar-refractivity contribution in [3.8, 4) is 0 Å². The van der Waals surface area contributed by atoms with Gasteiger partial charge >= 0.3 is 0 Å². The highest BCUT2D eigenvalue weighted by atomic mass is 79.9. The highest BCUT2D eigenvalue weighted by Crippen LogP contribution is 2.22. The summed E-state index contributed by atoms with van der Waals surface area (Å²) >= 11 is 3.42. The Balaban J connectivity index is 1.98. The Morgan fingerprint density at radius 3 is 2.67 bits per heavy atom. The van der Waals surface area contributed by atoms with Gasteiger partial charge in [0.25, 0.3) is 5.91 Å². The zero-order valence-corrected chi connectivity index (χ0v) is 17.2. The molecule has 0 bridgehead atoms. The summed E-state index contributed by atoms with van der Waals surface area (Å²) in [6.45, 7) is 5.82. The van der Waals surface area contributed by atoms with Gasteiger partial charge in [-0.1, -0.05) is 41.9 Å². The van der Waals surface area contributed by atoms with Crippen LogP contribution in [-0.4, -0.2) is 26.9 Å². The van der Waals surface area contributed by atoms with Crippen LogP contribution in [0.2, 0.25) is 0 Å². The number of benzene rings is 2. The summed E-state index contributed by atoms with van der Waals surface area (Å²) in [5, 5.41) is 0. The Hall–Kier alpha value is -2.21. The molecule has 27 heavy (non-hydrogen) atoms. The average molecular weight is 432 g/mol. The summed E-state index contributed by atoms with van der Waals surface area (Å²) in [6.07, 6.45) is 1.74. The van der Waals surface area contributed by atoms with Crippen molar-refractivity contribution in [3.05, 3.63) is 64.1 Å². The molecule has 142 valence electrons. The number of aromatic nitrogens is 2. The summed E-state index contributed by atoms with van der Waals surface area (Å²) in [6, 6.07) is 12.4. The Kier molecular flexibility index (Phi) is 6.26. The standard InChI is InChI=1S/C21H23BrFN3O/c1-3-11-25(21(27)15-7-5-8-16(22)13-15)14-19-24-20-17(23)9-6-10-18(20)26(19)12-4-2/h5-10,13H,3-4,11-12,14H2,1-2H3. The second-order valence-corrected chi connectivity index (χ2v) is 7.44. The van der Waals surface area contributed by atoms with E-state index < -0.39 is 0 Å². The molecule has 1 amide bonds. The third-order valence-corrected chi connectivity index (χ3v) is 4.93. The van der Waals surface area contributed by atoms with Crippen molar-refractivity contribution in [1.82, 2.24) is 14.5 Å². The zero-order chi connectivity index (χ0) is 19.4. The molecule has 0 N–H and O–H groups in total. The fraction of sp³-hybridized carbons (Fsp3) is 0.333. The summed E-state index contributed by atoms with van der Waals surface area (Å²) in [7, 11) is 0. The van der Waals surface area contributed by atoms with Gasteiger partial charge in [0.1, 0.15) is 11.3 Å². The Bertz CT molecular complexity index is 954. The van der Waals surface area contributed by atoms with Crippen LogP contribution < -0.4 is 0 Å². The van der Waals surface area contributed by atoms with Gasteiger partial charge in [0.2, 0.25) is 0 Å². The molecule has 0 unspecified atom stereocenters. The number of nitrogens with zero attached hydrogens (tertiary/aromatic N) is 3. The maximum Gasteiger partial charge on any atom is 0.254 e. The topological polar surface area (TPSA) is 38.1 Å². The lowest BCUT2D eigenvalue weighted by atomic mass is 10.2. The average Bonchev–Trinajstić information content (AvgIpc) is 3.00. The van der Waals surface area contributed by atoms with Gasteiger partial charge in [-0.25, -0.2) is 9.37 Å². The van der Waals surface area contributed by atoms with Gasteiger partial charge in [-0.15, -0.1) is 0 Å². The molecule has 3 aromatic rings. The van der Waals surface area contributed by atoms with Crippen molar-refractivity contribution >= 4 is 32.9 Å². The highest BCUT2D eigenvalue weighted by Gasteiger charge is 2.20. The first-order valence-corrected chi connectivity index (χ1v) is 10.0. The molecule has 0 aliphatic rings. The normalized spacial score (nSPS) is 11.1. The smallest absolute Gasteiger partial charge is 0.254 e. The number of hydrogen-bond acceptors (Lipinski definition) is 2. The lowest BCUT2D eigenvalue weighted by molar-refractivity contribution is 0.0737. The molecule has 4 nitrogen and oxygen atoms in total. The van der Waals surface area contributed by atoms with Crippen molar-refractivity contribution < 1.29 is 9.18 Å². The van der Waals surface area contributed by atoms with E-state index in [0.29, 0.717) is 30.0 Å². The van der Waals surface area contributed by atoms with E-state index >= 15 is 0 Å². The number of fused-ring (bicyclic) bond motifs is 1. The number of imidazole rings is 1. The number of aryl methyl sites for hydroxylation is 1. The van der Waals surface area contributed by atoms with Gasteiger partial charge in [-0.2, -0.15) is 0 Å². The van der Waals surface area contributed by atoms with Gasteiger partial charge in [-0.05, 0) is 43.2 Å². The van der Waals surface area contributed by atoms with Crippen molar-refractivity contribution in [1.29, 1.82) is 0 Å². The predicted octanol–water partition coefficient (Wildman–Crippen LogP) is 5.40. The van der Waals surface area contributed by atoms with E-state index in [0.717, 1.165) is 29.4 Å². The van der Waals surface area contributed by atoms with Gasteiger partial charge in [-0.3, -0.25) is 4.79 Å². The van der Waals surface area contributed by atoms with E-state index in [1.54, 1.807) is 11.0 Å². The van der Waals surface area contributed by atoms with Crippen LogP contribution in [0.4, 0.5) is 4.39 Å². The van der Waals surface area contributed by atoms with Crippen LogP contribution in [0.1, 0.15) is 42.9 Å². The molecule has 2 aromatic carbocycles. The summed E-state index contributed by atoms with van der Waals surface area (Å²) in [4.78, 5) is 19.4. The molecule has 0 saturated heterocycles. The van der Waals surface area contributed by atoms with Gasteiger partial charge in [0, 0.05) is 23.1 Å². The Labute approximate surface area is 167 Å². The zero-order valence-electron chi connectivity index (χ0n) is 15.6. The minimum absolute atomic E-state index is 0.0475. The maximum atomic E-state index is 14.2. The lowest BCUT2D eigenvalue weighted by Gasteiger charge is -2.22. The monoisotopic (exact) mass is 431 g/mol. The van der Waals surface area contributed by atoms with E-state index in [2.05, 4.69) is 27.8 Å². The first kappa shape index (κ1) is 19.5. The third kappa shape index (κ3) is 4.21. The minimum Gasteiger partial charge on any atom is -0.331 e.